The molecule has 0 heterocycles. The maximum Gasteiger partial charge on any atom is 0.249 e. The summed E-state index contributed by atoms with van der Waals surface area (Å²) in [6.07, 6.45) is 64.0. The lowest BCUT2D eigenvalue weighted by molar-refractivity contribution is -0.131. The van der Waals surface area contributed by atoms with E-state index in [2.05, 4.69) is 31.3 Å². The lowest BCUT2D eigenvalue weighted by atomic mass is 10.0. The van der Waals surface area contributed by atoms with Gasteiger partial charge in [-0.15, -0.1) is 0 Å². The van der Waals surface area contributed by atoms with Gasteiger partial charge in [0.25, 0.3) is 0 Å². The summed E-state index contributed by atoms with van der Waals surface area (Å²) in [4.78, 5) is 12.6. The molecule has 0 aromatic heterocycles. The number of unbranched alkanes of at least 4 members (excludes halogenated alkanes) is 42. The number of hydrogen-bond donors (Lipinski definition) is 4. The third-order valence-corrected chi connectivity index (χ3v) is 13.4. The van der Waals surface area contributed by atoms with Gasteiger partial charge in [-0.1, -0.05) is 289 Å². The molecule has 0 aliphatic rings. The number of amides is 1. The minimum absolute atomic E-state index is 0.309. The van der Waals surface area contributed by atoms with Crippen molar-refractivity contribution in [2.24, 2.45) is 0 Å². The van der Waals surface area contributed by atoms with E-state index in [0.717, 1.165) is 32.1 Å². The first-order valence-electron chi connectivity index (χ1n) is 28.0. The quantitative estimate of drug-likeness (QED) is 0.0362. The summed E-state index contributed by atoms with van der Waals surface area (Å²) >= 11 is 0. The van der Waals surface area contributed by atoms with Crippen LogP contribution in [0.25, 0.3) is 0 Å². The van der Waals surface area contributed by atoms with Gasteiger partial charge in [-0.2, -0.15) is 0 Å². The molecule has 0 fully saturated rings. The average Bonchev–Trinajstić information content (AvgIpc) is 3.26. The van der Waals surface area contributed by atoms with E-state index in [9.17, 15) is 20.1 Å². The van der Waals surface area contributed by atoms with Crippen LogP contribution in [0, 0.1) is 0 Å². The van der Waals surface area contributed by atoms with Crippen LogP contribution in [0.1, 0.15) is 316 Å². The second-order valence-corrected chi connectivity index (χ2v) is 19.5. The van der Waals surface area contributed by atoms with E-state index in [4.69, 9.17) is 0 Å². The van der Waals surface area contributed by atoms with Crippen LogP contribution in [0.15, 0.2) is 12.2 Å². The summed E-state index contributed by atoms with van der Waals surface area (Å²) in [6.45, 7) is 4.27. The van der Waals surface area contributed by atoms with Crippen LogP contribution in [0.5, 0.6) is 0 Å². The molecule has 364 valence electrons. The highest BCUT2D eigenvalue weighted by molar-refractivity contribution is 5.80. The Bertz CT molecular complexity index is 864. The Balaban J connectivity index is 3.50. The molecule has 0 aliphatic carbocycles. The average molecular weight is 863 g/mol. The van der Waals surface area contributed by atoms with Gasteiger partial charge >= 0.3 is 0 Å². The van der Waals surface area contributed by atoms with Crippen molar-refractivity contribution in [2.75, 3.05) is 6.61 Å². The van der Waals surface area contributed by atoms with Crippen molar-refractivity contribution in [2.45, 2.75) is 334 Å². The molecule has 0 radical (unpaired) electrons. The first-order chi connectivity index (χ1) is 30.1. The van der Waals surface area contributed by atoms with Crippen LogP contribution in [-0.4, -0.2) is 46.1 Å². The zero-order valence-electron chi connectivity index (χ0n) is 41.6. The van der Waals surface area contributed by atoms with E-state index < -0.39 is 24.2 Å². The maximum absolute atomic E-state index is 12.6. The van der Waals surface area contributed by atoms with Gasteiger partial charge in [0.05, 0.1) is 18.8 Å². The van der Waals surface area contributed by atoms with Crippen LogP contribution in [0.2, 0.25) is 0 Å². The van der Waals surface area contributed by atoms with Crippen LogP contribution in [0.4, 0.5) is 0 Å². The molecule has 0 aromatic carbocycles. The van der Waals surface area contributed by atoms with Crippen LogP contribution in [0.3, 0.4) is 0 Å². The van der Waals surface area contributed by atoms with E-state index >= 15 is 0 Å². The molecule has 61 heavy (non-hydrogen) atoms. The largest absolute Gasteiger partial charge is 0.394 e. The minimum atomic E-state index is -1.07. The first-order valence-corrected chi connectivity index (χ1v) is 28.0. The zero-order chi connectivity index (χ0) is 44.4. The molecule has 0 aromatic rings. The summed E-state index contributed by atoms with van der Waals surface area (Å²) in [5, 5.41) is 33.5. The Labute approximate surface area is 382 Å². The standard InChI is InChI=1S/C56H111NO4/c1-3-5-7-9-11-13-15-17-19-21-23-24-25-26-27-28-29-30-31-32-33-35-37-39-41-43-45-47-49-51-55(60)56(61)57-53(52-58)54(59)50-48-46-44-42-40-38-36-34-22-20-18-16-14-12-10-8-6-4-2/h26-27,53-55,58-60H,3-25,28-52H2,1-2H3,(H,57,61)/b27-26-. The first kappa shape index (κ1) is 60.1. The second kappa shape index (κ2) is 51.7. The van der Waals surface area contributed by atoms with Crippen molar-refractivity contribution >= 4 is 5.91 Å². The van der Waals surface area contributed by atoms with Crippen molar-refractivity contribution in [3.05, 3.63) is 12.2 Å². The monoisotopic (exact) mass is 862 g/mol. The highest BCUT2D eigenvalue weighted by Gasteiger charge is 2.23. The highest BCUT2D eigenvalue weighted by Crippen LogP contribution is 2.18. The minimum Gasteiger partial charge on any atom is -0.394 e. The van der Waals surface area contributed by atoms with E-state index in [-0.39, 0.29) is 6.61 Å². The SMILES string of the molecule is CCCCCCCCCCCCCC/C=C\CCCCCCCCCCCCCCCC(O)C(=O)NC(CO)C(O)CCCCCCCCCCCCCCCCCCCC. The molecule has 3 atom stereocenters. The number of hydrogen-bond acceptors (Lipinski definition) is 4. The van der Waals surface area contributed by atoms with Crippen molar-refractivity contribution in [1.29, 1.82) is 0 Å². The van der Waals surface area contributed by atoms with Gasteiger partial charge in [0.1, 0.15) is 6.10 Å². The van der Waals surface area contributed by atoms with Crippen molar-refractivity contribution < 1.29 is 20.1 Å². The Kier molecular flexibility index (Phi) is 51.0. The van der Waals surface area contributed by atoms with E-state index in [1.54, 1.807) is 0 Å². The molecule has 0 saturated carbocycles. The molecule has 3 unspecified atom stereocenters. The Hall–Kier alpha value is -0.910. The fraction of sp³-hybridized carbons (Fsp3) is 0.946. The molecule has 0 rings (SSSR count). The Morgan fingerprint density at radius 2 is 0.623 bits per heavy atom. The Morgan fingerprint density at radius 3 is 0.902 bits per heavy atom. The predicted octanol–water partition coefficient (Wildman–Crippen LogP) is 17.1. The van der Waals surface area contributed by atoms with Gasteiger partial charge in [0, 0.05) is 0 Å². The third kappa shape index (κ3) is 46.9. The number of nitrogens with one attached hydrogen (secondary N) is 1. The summed E-state index contributed by atoms with van der Waals surface area (Å²) in [5.74, 6) is -0.465. The number of rotatable bonds is 52. The van der Waals surface area contributed by atoms with Gasteiger partial charge in [-0.3, -0.25) is 4.79 Å². The fourth-order valence-electron chi connectivity index (χ4n) is 9.01. The fourth-order valence-corrected chi connectivity index (χ4v) is 9.01. The van der Waals surface area contributed by atoms with Gasteiger partial charge in [0.15, 0.2) is 0 Å². The topological polar surface area (TPSA) is 89.8 Å². The van der Waals surface area contributed by atoms with E-state index in [0.29, 0.717) is 12.8 Å². The van der Waals surface area contributed by atoms with Crippen LogP contribution < -0.4 is 5.32 Å². The number of carbonyl (C=O) groups is 1. The van der Waals surface area contributed by atoms with Crippen molar-refractivity contribution in [3.63, 3.8) is 0 Å². The zero-order valence-corrected chi connectivity index (χ0v) is 41.6. The summed E-state index contributed by atoms with van der Waals surface area (Å²) in [5.41, 5.74) is 0. The lowest BCUT2D eigenvalue weighted by Crippen LogP contribution is -2.49. The predicted molar refractivity (Wildman–Crippen MR) is 269 cm³/mol. The number of aliphatic hydroxyl groups excluding tert-OH is 3. The lowest BCUT2D eigenvalue weighted by Gasteiger charge is -2.23. The van der Waals surface area contributed by atoms with Crippen LogP contribution in [-0.2, 0) is 4.79 Å². The molecule has 0 bridgehead atoms. The van der Waals surface area contributed by atoms with Crippen LogP contribution >= 0.6 is 0 Å². The highest BCUT2D eigenvalue weighted by atomic mass is 16.3. The Morgan fingerprint density at radius 1 is 0.377 bits per heavy atom. The molecule has 0 aliphatic heterocycles. The van der Waals surface area contributed by atoms with Gasteiger partial charge < -0.3 is 20.6 Å². The summed E-state index contributed by atoms with van der Waals surface area (Å²) in [7, 11) is 0. The van der Waals surface area contributed by atoms with Gasteiger partial charge in [-0.05, 0) is 38.5 Å². The number of carbonyl (C=O) groups excluding carboxylic acids is 1. The molecule has 0 saturated heterocycles. The molecular formula is C56H111NO4. The normalized spacial score (nSPS) is 13.3. The van der Waals surface area contributed by atoms with Crippen molar-refractivity contribution in [1.82, 2.24) is 5.32 Å². The number of allylic oxidation sites excluding steroid dienone is 2. The smallest absolute Gasteiger partial charge is 0.249 e. The molecule has 5 heteroatoms. The van der Waals surface area contributed by atoms with Gasteiger partial charge in [-0.25, -0.2) is 0 Å². The van der Waals surface area contributed by atoms with Gasteiger partial charge in [0.2, 0.25) is 5.91 Å². The third-order valence-electron chi connectivity index (χ3n) is 13.4. The second-order valence-electron chi connectivity index (χ2n) is 19.5. The van der Waals surface area contributed by atoms with Crippen molar-refractivity contribution in [3.8, 4) is 0 Å². The number of aliphatic hydroxyl groups is 3. The molecule has 1 amide bonds. The van der Waals surface area contributed by atoms with E-state index in [1.165, 1.54) is 257 Å². The maximum atomic E-state index is 12.6. The molecular weight excluding hydrogens is 751 g/mol. The summed E-state index contributed by atoms with van der Waals surface area (Å²) in [6, 6.07) is -0.709. The summed E-state index contributed by atoms with van der Waals surface area (Å²) < 4.78 is 0. The van der Waals surface area contributed by atoms with E-state index in [1.807, 2.05) is 0 Å². The molecule has 5 nitrogen and oxygen atoms in total. The molecule has 4 N–H and O–H groups in total. The molecule has 0 spiro atoms.